The maximum atomic E-state index is 11.7. The Morgan fingerprint density at radius 1 is 1.09 bits per heavy atom. The molecule has 4 unspecified atom stereocenters. The molecule has 0 saturated heterocycles. The van der Waals surface area contributed by atoms with E-state index >= 15 is 0 Å². The molecule has 0 aromatic rings. The molecule has 32 heavy (non-hydrogen) atoms. The van der Waals surface area contributed by atoms with Crippen LogP contribution in [0.4, 0.5) is 0 Å². The molecule has 4 aliphatic rings. The molecule has 4 saturated carbocycles. The van der Waals surface area contributed by atoms with Crippen molar-refractivity contribution in [3.8, 4) is 0 Å². The Balaban J connectivity index is 1.48. The van der Waals surface area contributed by atoms with Crippen LogP contribution in [0.3, 0.4) is 0 Å². The van der Waals surface area contributed by atoms with Crippen LogP contribution in [0.15, 0.2) is 0 Å². The highest BCUT2D eigenvalue weighted by Crippen LogP contribution is 2.68. The summed E-state index contributed by atoms with van der Waals surface area (Å²) in [4.78, 5) is 11.7. The van der Waals surface area contributed by atoms with Gasteiger partial charge in [0.2, 0.25) is 0 Å². The van der Waals surface area contributed by atoms with Crippen molar-refractivity contribution in [1.29, 1.82) is 0 Å². The van der Waals surface area contributed by atoms with Crippen molar-refractivity contribution >= 4 is 5.97 Å². The number of hydrogen-bond donors (Lipinski definition) is 3. The summed E-state index contributed by atoms with van der Waals surface area (Å²) >= 11 is 0. The second kappa shape index (κ2) is 9.54. The zero-order valence-corrected chi connectivity index (χ0v) is 20.8. The number of methoxy groups -OCH3 is 1. The van der Waals surface area contributed by atoms with Gasteiger partial charge in [0.25, 0.3) is 0 Å². The molecule has 0 aliphatic heterocycles. The lowest BCUT2D eigenvalue weighted by Gasteiger charge is -2.62. The van der Waals surface area contributed by atoms with Crippen LogP contribution >= 0.6 is 0 Å². The van der Waals surface area contributed by atoms with Gasteiger partial charge in [0.05, 0.1) is 19.8 Å². The van der Waals surface area contributed by atoms with Crippen molar-refractivity contribution < 1.29 is 19.7 Å². The van der Waals surface area contributed by atoms with Gasteiger partial charge in [0.15, 0.2) is 0 Å². The fourth-order valence-corrected chi connectivity index (χ4v) is 9.30. The van der Waals surface area contributed by atoms with E-state index in [-0.39, 0.29) is 18.7 Å². The second-order valence-corrected chi connectivity index (χ2v) is 12.3. The first-order valence-electron chi connectivity index (χ1n) is 13.3. The first kappa shape index (κ1) is 24.5. The van der Waals surface area contributed by atoms with Crippen molar-refractivity contribution in [2.75, 3.05) is 20.3 Å². The zero-order valence-electron chi connectivity index (χ0n) is 20.8. The molecule has 0 aromatic heterocycles. The topological polar surface area (TPSA) is 78.8 Å². The zero-order chi connectivity index (χ0) is 23.1. The summed E-state index contributed by atoms with van der Waals surface area (Å²) in [6.07, 6.45) is 10.8. The first-order valence-corrected chi connectivity index (χ1v) is 13.3. The summed E-state index contributed by atoms with van der Waals surface area (Å²) in [7, 11) is 1.48. The average molecular weight is 450 g/mol. The molecule has 0 bridgehead atoms. The van der Waals surface area contributed by atoms with Crippen LogP contribution in [0.25, 0.3) is 0 Å². The quantitative estimate of drug-likeness (QED) is 0.509. The molecule has 0 heterocycles. The van der Waals surface area contributed by atoms with Gasteiger partial charge in [-0.3, -0.25) is 4.79 Å². The van der Waals surface area contributed by atoms with E-state index in [0.717, 1.165) is 19.3 Å². The van der Waals surface area contributed by atoms with Crippen molar-refractivity contribution in [3.63, 3.8) is 0 Å². The molecule has 3 N–H and O–H groups in total. The van der Waals surface area contributed by atoms with Gasteiger partial charge >= 0.3 is 5.97 Å². The van der Waals surface area contributed by atoms with Gasteiger partial charge in [-0.15, -0.1) is 0 Å². The number of aliphatic hydroxyl groups is 2. The van der Waals surface area contributed by atoms with E-state index in [1.807, 2.05) is 0 Å². The van der Waals surface area contributed by atoms with E-state index in [9.17, 15) is 15.0 Å². The molecule has 184 valence electrons. The monoisotopic (exact) mass is 449 g/mol. The summed E-state index contributed by atoms with van der Waals surface area (Å²) in [6.45, 7) is 8.27. The van der Waals surface area contributed by atoms with Crippen molar-refractivity contribution in [1.82, 2.24) is 5.32 Å². The molecule has 4 fully saturated rings. The number of nitrogens with one attached hydrogen (secondary N) is 1. The highest BCUT2D eigenvalue weighted by atomic mass is 16.5. The number of carbonyl (C=O) groups excluding carboxylic acids is 1. The molecule has 5 nitrogen and oxygen atoms in total. The highest BCUT2D eigenvalue weighted by molar-refractivity contribution is 5.69. The minimum Gasteiger partial charge on any atom is -0.469 e. The van der Waals surface area contributed by atoms with Crippen molar-refractivity contribution in [2.45, 2.75) is 97.1 Å². The third kappa shape index (κ3) is 4.15. The highest BCUT2D eigenvalue weighted by Gasteiger charge is 2.62. The summed E-state index contributed by atoms with van der Waals surface area (Å²) in [5.74, 6) is 3.36. The van der Waals surface area contributed by atoms with Crippen molar-refractivity contribution in [2.24, 2.45) is 46.3 Å². The van der Waals surface area contributed by atoms with Crippen LogP contribution in [0.5, 0.6) is 0 Å². The molecule has 0 spiro atoms. The van der Waals surface area contributed by atoms with Crippen LogP contribution in [0.2, 0.25) is 0 Å². The normalized spacial score (nSPS) is 46.6. The maximum absolute atomic E-state index is 11.7. The molecule has 10 atom stereocenters. The molecule has 0 radical (unpaired) electrons. The van der Waals surface area contributed by atoms with E-state index in [0.29, 0.717) is 65.3 Å². The number of aliphatic hydroxyl groups excluding tert-OH is 2. The summed E-state index contributed by atoms with van der Waals surface area (Å²) in [5, 5.41) is 24.2. The Kier molecular flexibility index (Phi) is 7.30. The number of fused-ring (bicyclic) bond motifs is 5. The largest absolute Gasteiger partial charge is 0.469 e. The van der Waals surface area contributed by atoms with Gasteiger partial charge < -0.3 is 20.3 Å². The van der Waals surface area contributed by atoms with Crippen LogP contribution < -0.4 is 5.32 Å². The van der Waals surface area contributed by atoms with Crippen LogP contribution in [0.1, 0.15) is 85.0 Å². The summed E-state index contributed by atoms with van der Waals surface area (Å²) in [5.41, 5.74) is 0.637. The van der Waals surface area contributed by atoms with Gasteiger partial charge in [0, 0.05) is 19.0 Å². The lowest BCUT2D eigenvalue weighted by molar-refractivity contribution is -0.167. The minimum absolute atomic E-state index is 0.0917. The van der Waals surface area contributed by atoms with Crippen LogP contribution in [-0.2, 0) is 9.53 Å². The van der Waals surface area contributed by atoms with Crippen LogP contribution in [-0.4, -0.2) is 48.6 Å². The Hall–Kier alpha value is -0.650. The fraction of sp³-hybridized carbons (Fsp3) is 0.963. The predicted molar refractivity (Wildman–Crippen MR) is 126 cm³/mol. The third-order valence-corrected chi connectivity index (χ3v) is 11.0. The van der Waals surface area contributed by atoms with Gasteiger partial charge in [-0.1, -0.05) is 20.8 Å². The first-order chi connectivity index (χ1) is 15.2. The van der Waals surface area contributed by atoms with Gasteiger partial charge in [-0.05, 0) is 104 Å². The Morgan fingerprint density at radius 2 is 1.81 bits per heavy atom. The standard InChI is InChI=1S/C27H47NO4/c1-17(5-8-24(31)32-4)20-6-7-21-25-22(10-12-27(20,21)3)26(2)11-9-19(28-13-14-29)15-18(26)16-23(25)30/h17-23,25,28-30H,5-16H2,1-4H3/t17-,18?,19-,20-,21?,22?,23-,25?,26+,27-/m1/s1. The fourth-order valence-electron chi connectivity index (χ4n) is 9.30. The van der Waals surface area contributed by atoms with E-state index < -0.39 is 0 Å². The van der Waals surface area contributed by atoms with Crippen molar-refractivity contribution in [3.05, 3.63) is 0 Å². The lowest BCUT2D eigenvalue weighted by atomic mass is 9.43. The van der Waals surface area contributed by atoms with E-state index in [1.54, 1.807) is 0 Å². The Morgan fingerprint density at radius 3 is 2.53 bits per heavy atom. The average Bonchev–Trinajstić information content (AvgIpc) is 3.13. The molecular weight excluding hydrogens is 402 g/mol. The number of carbonyl (C=O) groups is 1. The SMILES string of the molecule is COC(=O)CC[C@@H](C)[C@H]1CCC2C3C(CC[C@@]21C)[C@@]1(C)CC[C@@H](NCCO)CC1C[C@H]3O. The Labute approximate surface area is 195 Å². The lowest BCUT2D eigenvalue weighted by Crippen LogP contribution is -2.59. The number of ether oxygens (including phenoxy) is 1. The molecule has 4 aliphatic carbocycles. The molecule has 5 heteroatoms. The summed E-state index contributed by atoms with van der Waals surface area (Å²) < 4.78 is 4.88. The number of hydrogen-bond acceptors (Lipinski definition) is 5. The Bertz CT molecular complexity index is 670. The smallest absolute Gasteiger partial charge is 0.305 e. The molecular formula is C27H47NO4. The van der Waals surface area contributed by atoms with Gasteiger partial charge in [-0.25, -0.2) is 0 Å². The number of esters is 1. The van der Waals surface area contributed by atoms with E-state index in [4.69, 9.17) is 4.74 Å². The summed E-state index contributed by atoms with van der Waals surface area (Å²) in [6, 6.07) is 0.490. The molecule has 0 aromatic carbocycles. The van der Waals surface area contributed by atoms with Crippen LogP contribution in [0, 0.1) is 46.3 Å². The number of rotatable bonds is 7. The molecule has 4 rings (SSSR count). The van der Waals surface area contributed by atoms with E-state index in [2.05, 4.69) is 26.1 Å². The second-order valence-electron chi connectivity index (χ2n) is 12.3. The van der Waals surface area contributed by atoms with Gasteiger partial charge in [-0.2, -0.15) is 0 Å². The minimum atomic E-state index is -0.177. The maximum Gasteiger partial charge on any atom is 0.305 e. The van der Waals surface area contributed by atoms with Gasteiger partial charge in [0.1, 0.15) is 0 Å². The molecule has 0 amide bonds. The predicted octanol–water partition coefficient (Wildman–Crippen LogP) is 4.16. The van der Waals surface area contributed by atoms with E-state index in [1.165, 1.54) is 45.6 Å². The third-order valence-electron chi connectivity index (χ3n) is 11.0.